The summed E-state index contributed by atoms with van der Waals surface area (Å²) >= 11 is 0. The highest BCUT2D eigenvalue weighted by Gasteiger charge is 2.25. The topological polar surface area (TPSA) is 40.5 Å². The number of nitrogens with zero attached hydrogens (tertiary/aromatic N) is 1. The molecule has 2 unspecified atom stereocenters. The van der Waals surface area contributed by atoms with Gasteiger partial charge in [-0.3, -0.25) is 4.79 Å². The number of carbonyl (C=O) groups is 1. The number of hydrogen-bond donors (Lipinski definition) is 1. The van der Waals surface area contributed by atoms with Crippen LogP contribution in [-0.4, -0.2) is 23.7 Å². The summed E-state index contributed by atoms with van der Waals surface area (Å²) in [7, 11) is 0. The summed E-state index contributed by atoms with van der Waals surface area (Å²) in [5.74, 6) is -1.05. The zero-order valence-corrected chi connectivity index (χ0v) is 10.4. The van der Waals surface area contributed by atoms with Gasteiger partial charge in [-0.25, -0.2) is 0 Å². The number of benzene rings is 1. The van der Waals surface area contributed by atoms with E-state index in [0.29, 0.717) is 12.6 Å². The fourth-order valence-corrected chi connectivity index (χ4v) is 2.41. The second-order valence-corrected chi connectivity index (χ2v) is 4.91. The van der Waals surface area contributed by atoms with Crippen LogP contribution >= 0.6 is 0 Å². The van der Waals surface area contributed by atoms with Gasteiger partial charge in [-0.1, -0.05) is 25.1 Å². The molecule has 2 rings (SSSR count). The first-order valence-electron chi connectivity index (χ1n) is 6.17. The SMILES string of the molecule is CC(CN1c2ccccc2CCC1C)C(=O)O. The fourth-order valence-electron chi connectivity index (χ4n) is 2.41. The highest BCUT2D eigenvalue weighted by molar-refractivity contribution is 5.71. The molecule has 0 bridgehead atoms. The van der Waals surface area contributed by atoms with Gasteiger partial charge in [0, 0.05) is 18.3 Å². The first-order valence-corrected chi connectivity index (χ1v) is 6.17. The van der Waals surface area contributed by atoms with E-state index in [9.17, 15) is 4.79 Å². The maximum Gasteiger partial charge on any atom is 0.308 e. The molecule has 1 aromatic carbocycles. The molecular weight excluding hydrogens is 214 g/mol. The summed E-state index contributed by atoms with van der Waals surface area (Å²) in [5.41, 5.74) is 2.54. The Kier molecular flexibility index (Phi) is 3.36. The number of para-hydroxylation sites is 1. The van der Waals surface area contributed by atoms with Crippen molar-refractivity contribution in [1.29, 1.82) is 0 Å². The third-order valence-electron chi connectivity index (χ3n) is 3.56. The maximum atomic E-state index is 11.0. The molecule has 0 radical (unpaired) electrons. The minimum Gasteiger partial charge on any atom is -0.481 e. The van der Waals surface area contributed by atoms with Crippen molar-refractivity contribution in [3.05, 3.63) is 29.8 Å². The molecule has 1 N–H and O–H groups in total. The van der Waals surface area contributed by atoms with Crippen LogP contribution in [0.3, 0.4) is 0 Å². The lowest BCUT2D eigenvalue weighted by atomic mass is 9.95. The quantitative estimate of drug-likeness (QED) is 0.872. The van der Waals surface area contributed by atoms with Crippen LogP contribution in [0.2, 0.25) is 0 Å². The van der Waals surface area contributed by atoms with E-state index in [-0.39, 0.29) is 5.92 Å². The van der Waals surface area contributed by atoms with Gasteiger partial charge in [0.05, 0.1) is 5.92 Å². The van der Waals surface area contributed by atoms with Crippen LogP contribution in [0.25, 0.3) is 0 Å². The number of aryl methyl sites for hydroxylation is 1. The molecule has 17 heavy (non-hydrogen) atoms. The smallest absolute Gasteiger partial charge is 0.308 e. The molecule has 1 aliphatic heterocycles. The predicted molar refractivity (Wildman–Crippen MR) is 68.4 cm³/mol. The van der Waals surface area contributed by atoms with Crippen molar-refractivity contribution in [3.8, 4) is 0 Å². The molecule has 1 heterocycles. The fraction of sp³-hybridized carbons (Fsp3) is 0.500. The molecule has 0 saturated carbocycles. The molecule has 0 aliphatic carbocycles. The normalized spacial score (nSPS) is 20.8. The number of rotatable bonds is 3. The van der Waals surface area contributed by atoms with Crippen LogP contribution < -0.4 is 4.90 Å². The van der Waals surface area contributed by atoms with Gasteiger partial charge in [0.1, 0.15) is 0 Å². The van der Waals surface area contributed by atoms with Gasteiger partial charge in [-0.05, 0) is 31.4 Å². The van der Waals surface area contributed by atoms with Gasteiger partial charge in [0.15, 0.2) is 0 Å². The number of aliphatic carboxylic acids is 1. The summed E-state index contributed by atoms with van der Waals surface area (Å²) < 4.78 is 0. The lowest BCUT2D eigenvalue weighted by molar-refractivity contribution is -0.140. The van der Waals surface area contributed by atoms with Crippen LogP contribution in [0.1, 0.15) is 25.8 Å². The van der Waals surface area contributed by atoms with Crippen molar-refractivity contribution in [2.75, 3.05) is 11.4 Å². The van der Waals surface area contributed by atoms with Crippen molar-refractivity contribution >= 4 is 11.7 Å². The Morgan fingerprint density at radius 3 is 2.94 bits per heavy atom. The van der Waals surface area contributed by atoms with Crippen LogP contribution in [0.15, 0.2) is 24.3 Å². The summed E-state index contributed by atoms with van der Waals surface area (Å²) in [5, 5.41) is 9.02. The summed E-state index contributed by atoms with van der Waals surface area (Å²) in [6.45, 7) is 4.53. The lowest BCUT2D eigenvalue weighted by Crippen LogP contribution is -2.41. The average Bonchev–Trinajstić information content (AvgIpc) is 2.32. The molecule has 0 fully saturated rings. The third-order valence-corrected chi connectivity index (χ3v) is 3.56. The van der Waals surface area contributed by atoms with Gasteiger partial charge >= 0.3 is 5.97 Å². The zero-order valence-electron chi connectivity index (χ0n) is 10.4. The molecule has 92 valence electrons. The average molecular weight is 233 g/mol. The summed E-state index contributed by atoms with van der Waals surface area (Å²) in [6, 6.07) is 8.73. The second-order valence-electron chi connectivity index (χ2n) is 4.91. The van der Waals surface area contributed by atoms with E-state index in [1.165, 1.54) is 11.3 Å². The molecular formula is C14H19NO2. The minimum absolute atomic E-state index is 0.330. The van der Waals surface area contributed by atoms with E-state index in [0.717, 1.165) is 12.8 Å². The van der Waals surface area contributed by atoms with E-state index < -0.39 is 5.97 Å². The van der Waals surface area contributed by atoms with E-state index >= 15 is 0 Å². The Balaban J connectivity index is 2.23. The Bertz CT molecular complexity index is 416. The monoisotopic (exact) mass is 233 g/mol. The second kappa shape index (κ2) is 4.78. The van der Waals surface area contributed by atoms with Crippen LogP contribution in [0, 0.1) is 5.92 Å². The molecule has 1 aliphatic rings. The highest BCUT2D eigenvalue weighted by Crippen LogP contribution is 2.30. The van der Waals surface area contributed by atoms with E-state index in [4.69, 9.17) is 5.11 Å². The first-order chi connectivity index (χ1) is 8.09. The molecule has 1 aromatic rings. The number of carboxylic acid groups (broad SMARTS) is 1. The van der Waals surface area contributed by atoms with Crippen molar-refractivity contribution < 1.29 is 9.90 Å². The van der Waals surface area contributed by atoms with Gasteiger partial charge in [0.25, 0.3) is 0 Å². The molecule has 0 amide bonds. The number of carboxylic acids is 1. The van der Waals surface area contributed by atoms with Gasteiger partial charge in [0.2, 0.25) is 0 Å². The van der Waals surface area contributed by atoms with Crippen LogP contribution in [0.5, 0.6) is 0 Å². The van der Waals surface area contributed by atoms with E-state index in [2.05, 4.69) is 24.0 Å². The van der Waals surface area contributed by atoms with Gasteiger partial charge in [-0.2, -0.15) is 0 Å². The Morgan fingerprint density at radius 1 is 1.53 bits per heavy atom. The Hall–Kier alpha value is -1.51. The van der Waals surface area contributed by atoms with Crippen molar-refractivity contribution in [2.45, 2.75) is 32.7 Å². The molecule has 2 atom stereocenters. The first kappa shape index (κ1) is 12.0. The molecule has 0 saturated heterocycles. The third kappa shape index (κ3) is 2.43. The standard InChI is InChI=1S/C14H19NO2/c1-10(14(16)17)9-15-11(2)7-8-12-5-3-4-6-13(12)15/h3-6,10-11H,7-9H2,1-2H3,(H,16,17). The molecule has 3 heteroatoms. The van der Waals surface area contributed by atoms with Crippen molar-refractivity contribution in [2.24, 2.45) is 5.92 Å². The lowest BCUT2D eigenvalue weighted by Gasteiger charge is -2.38. The van der Waals surface area contributed by atoms with Crippen molar-refractivity contribution in [3.63, 3.8) is 0 Å². The molecule has 3 nitrogen and oxygen atoms in total. The summed E-state index contributed by atoms with van der Waals surface area (Å²) in [4.78, 5) is 13.2. The zero-order chi connectivity index (χ0) is 12.4. The molecule has 0 aromatic heterocycles. The van der Waals surface area contributed by atoms with E-state index in [1.54, 1.807) is 6.92 Å². The molecule has 0 spiro atoms. The summed E-state index contributed by atoms with van der Waals surface area (Å²) in [6.07, 6.45) is 2.19. The van der Waals surface area contributed by atoms with Crippen LogP contribution in [0.4, 0.5) is 5.69 Å². The number of fused-ring (bicyclic) bond motifs is 1. The maximum absolute atomic E-state index is 11.0. The number of hydrogen-bond acceptors (Lipinski definition) is 2. The predicted octanol–water partition coefficient (Wildman–Crippen LogP) is 2.55. The Labute approximate surface area is 102 Å². The largest absolute Gasteiger partial charge is 0.481 e. The number of anilines is 1. The minimum atomic E-state index is -0.722. The van der Waals surface area contributed by atoms with Crippen LogP contribution in [-0.2, 0) is 11.2 Å². The highest BCUT2D eigenvalue weighted by atomic mass is 16.4. The van der Waals surface area contributed by atoms with Crippen molar-refractivity contribution in [1.82, 2.24) is 0 Å². The van der Waals surface area contributed by atoms with Gasteiger partial charge < -0.3 is 10.0 Å². The van der Waals surface area contributed by atoms with Gasteiger partial charge in [-0.15, -0.1) is 0 Å². The van der Waals surface area contributed by atoms with E-state index in [1.807, 2.05) is 12.1 Å². The Morgan fingerprint density at radius 2 is 2.24 bits per heavy atom.